The maximum atomic E-state index is 12.3. The second kappa shape index (κ2) is 16.5. The number of benzene rings is 2. The van der Waals surface area contributed by atoms with Gasteiger partial charge in [0.2, 0.25) is 0 Å². The fourth-order valence-corrected chi connectivity index (χ4v) is 7.52. The maximum absolute atomic E-state index is 12.3. The summed E-state index contributed by atoms with van der Waals surface area (Å²) in [4.78, 5) is 56.1. The van der Waals surface area contributed by atoms with Gasteiger partial charge in [-0.05, 0) is 100 Å². The summed E-state index contributed by atoms with van der Waals surface area (Å²) in [5, 5.41) is 4.09. The Morgan fingerprint density at radius 1 is 0.850 bits per heavy atom. The van der Waals surface area contributed by atoms with E-state index in [1.54, 1.807) is 40.7 Å². The van der Waals surface area contributed by atoms with Gasteiger partial charge in [-0.2, -0.15) is 5.10 Å². The van der Waals surface area contributed by atoms with Crippen molar-refractivity contribution >= 4 is 58.5 Å². The van der Waals surface area contributed by atoms with E-state index in [4.69, 9.17) is 45.4 Å². The fraction of sp³-hybridized carbons (Fsp3) is 0.571. The summed E-state index contributed by atoms with van der Waals surface area (Å²) in [5.41, 5.74) is 1.78. The molecule has 2 saturated heterocycles. The van der Waals surface area contributed by atoms with Crippen molar-refractivity contribution in [3.8, 4) is 23.0 Å². The van der Waals surface area contributed by atoms with E-state index in [1.807, 2.05) is 91.5 Å². The van der Waals surface area contributed by atoms with Gasteiger partial charge in [0.25, 0.3) is 5.91 Å². The third-order valence-electron chi connectivity index (χ3n) is 9.84. The van der Waals surface area contributed by atoms with Gasteiger partial charge >= 0.3 is 18.2 Å². The largest absolute Gasteiger partial charge is 0.484 e. The number of rotatable bonds is 7. The van der Waals surface area contributed by atoms with Crippen molar-refractivity contribution in [2.24, 2.45) is 5.10 Å². The lowest BCUT2D eigenvalue weighted by molar-refractivity contribution is -0.144. The molecule has 7 rings (SSSR count). The molecule has 2 aromatic carbocycles. The monoisotopic (exact) mass is 852 g/mol. The standard InChI is InChI=1S/C22H30N2O6S.C20H26N4O5/c1-7-27-19(25)14(2)24-16-10-15(8-9-17(16)28-11-18(24)31)29-22(6)12-23(13-22)20(26)30-21(3,4)5;1-12-17(25)22-21-16-9-27-15-7-6-13(8-14(15)24(12)16)28-20(5)10-23(11-20)18(26)29-19(2,3)4/h8-10,14H,7,11-13H2,1-6H3;6-8,12H,9-11H2,1-5H3,(H,22,25). The summed E-state index contributed by atoms with van der Waals surface area (Å²) in [6.07, 6.45) is -0.696. The highest BCUT2D eigenvalue weighted by atomic mass is 32.1. The number of hydrazone groups is 1. The molecule has 1 N–H and O–H groups in total. The molecule has 0 aliphatic carbocycles. The summed E-state index contributed by atoms with van der Waals surface area (Å²) < 4.78 is 39.8. The Kier molecular flexibility index (Phi) is 12.1. The van der Waals surface area contributed by atoms with Crippen LogP contribution in [0.3, 0.4) is 0 Å². The Hall–Kier alpha value is -5.52. The molecule has 0 bridgehead atoms. The molecule has 0 aromatic heterocycles. The summed E-state index contributed by atoms with van der Waals surface area (Å²) in [7, 11) is 0. The van der Waals surface area contributed by atoms with E-state index < -0.39 is 34.5 Å². The van der Waals surface area contributed by atoms with Crippen LogP contribution >= 0.6 is 12.2 Å². The zero-order valence-corrected chi connectivity index (χ0v) is 37.0. The van der Waals surface area contributed by atoms with Crippen molar-refractivity contribution in [2.75, 3.05) is 55.8 Å². The zero-order valence-electron chi connectivity index (χ0n) is 36.2. The number of likely N-dealkylation sites (tertiary alicyclic amines) is 2. The van der Waals surface area contributed by atoms with Crippen LogP contribution in [-0.2, 0) is 23.8 Å². The van der Waals surface area contributed by atoms with Gasteiger partial charge < -0.3 is 52.8 Å². The van der Waals surface area contributed by atoms with Crippen LogP contribution in [0, 0.1) is 0 Å². The van der Waals surface area contributed by atoms with E-state index >= 15 is 0 Å². The Labute approximate surface area is 356 Å². The van der Waals surface area contributed by atoms with Crippen molar-refractivity contribution in [1.82, 2.24) is 15.2 Å². The van der Waals surface area contributed by atoms with Crippen molar-refractivity contribution in [1.29, 1.82) is 0 Å². The van der Waals surface area contributed by atoms with Crippen LogP contribution < -0.4 is 34.2 Å². The lowest BCUT2D eigenvalue weighted by Gasteiger charge is -2.47. The number of ether oxygens (including phenoxy) is 7. The number of nitrogens with zero attached hydrogens (tertiary/aromatic N) is 5. The van der Waals surface area contributed by atoms with E-state index in [-0.39, 0.29) is 30.7 Å². The number of hydrogen-bond acceptors (Lipinski definition) is 14. The molecule has 2 atom stereocenters. The van der Waals surface area contributed by atoms with E-state index in [0.29, 0.717) is 78.9 Å². The minimum Gasteiger partial charge on any atom is -0.484 e. The van der Waals surface area contributed by atoms with Gasteiger partial charge in [-0.3, -0.25) is 4.79 Å². The minimum absolute atomic E-state index is 0.174. The van der Waals surface area contributed by atoms with Gasteiger partial charge in [0.1, 0.15) is 75.7 Å². The molecule has 2 unspecified atom stereocenters. The molecule has 0 saturated carbocycles. The van der Waals surface area contributed by atoms with E-state index in [1.165, 1.54) is 0 Å². The second-order valence-electron chi connectivity index (χ2n) is 17.9. The quantitative estimate of drug-likeness (QED) is 0.206. The summed E-state index contributed by atoms with van der Waals surface area (Å²) in [5.74, 6) is 2.64. The van der Waals surface area contributed by atoms with Gasteiger partial charge in [0.05, 0.1) is 44.2 Å². The normalized spacial score (nSPS) is 20.2. The lowest BCUT2D eigenvalue weighted by atomic mass is 9.97. The summed E-state index contributed by atoms with van der Waals surface area (Å²) in [6.45, 7) is 22.8. The van der Waals surface area contributed by atoms with Crippen LogP contribution in [0.2, 0.25) is 0 Å². The SMILES string of the molecule is CC1C(=O)NN=C2COc3ccc(OC4(C)CN(C(=O)OC(C)(C)C)C4)cc3N21.CCOC(=O)C(C)N1C(=S)COc2ccc(OC3(C)CN(C(=O)OC(C)(C)C)C3)cc21. The van der Waals surface area contributed by atoms with Crippen LogP contribution in [0.25, 0.3) is 0 Å². The van der Waals surface area contributed by atoms with Gasteiger partial charge in [-0.1, -0.05) is 12.2 Å². The van der Waals surface area contributed by atoms with E-state index in [2.05, 4.69) is 10.5 Å². The molecule has 326 valence electrons. The molecule has 5 aliphatic rings. The summed E-state index contributed by atoms with van der Waals surface area (Å²) >= 11 is 5.45. The van der Waals surface area contributed by atoms with Crippen molar-refractivity contribution in [3.63, 3.8) is 0 Å². The first-order valence-corrected chi connectivity index (χ1v) is 20.4. The highest BCUT2D eigenvalue weighted by Gasteiger charge is 2.47. The Morgan fingerprint density at radius 3 is 1.83 bits per heavy atom. The number of amides is 3. The highest BCUT2D eigenvalue weighted by molar-refractivity contribution is 7.80. The molecular formula is C42H56N6O11S. The average Bonchev–Trinajstić information content (AvgIpc) is 3.12. The van der Waals surface area contributed by atoms with Gasteiger partial charge in [-0.15, -0.1) is 0 Å². The predicted molar refractivity (Wildman–Crippen MR) is 226 cm³/mol. The third-order valence-corrected chi connectivity index (χ3v) is 10.2. The molecule has 3 amide bonds. The smallest absolute Gasteiger partial charge is 0.410 e. The zero-order chi connectivity index (χ0) is 43.9. The van der Waals surface area contributed by atoms with Crippen molar-refractivity contribution in [2.45, 2.75) is 111 Å². The van der Waals surface area contributed by atoms with Crippen molar-refractivity contribution < 1.29 is 52.3 Å². The Bertz CT molecular complexity index is 2050. The first-order valence-electron chi connectivity index (χ1n) is 20.0. The number of anilines is 2. The molecule has 18 heteroatoms. The molecular weight excluding hydrogens is 797 g/mol. The number of thiocarbonyl (C=S) groups is 1. The predicted octanol–water partition coefficient (Wildman–Crippen LogP) is 5.66. The van der Waals surface area contributed by atoms with E-state index in [0.717, 1.165) is 5.69 Å². The maximum Gasteiger partial charge on any atom is 0.410 e. The minimum atomic E-state index is -0.590. The van der Waals surface area contributed by atoms with Crippen LogP contribution in [-0.4, -0.2) is 125 Å². The molecule has 5 heterocycles. The van der Waals surface area contributed by atoms with Crippen LogP contribution in [0.1, 0.15) is 76.2 Å². The molecule has 2 aromatic rings. The molecule has 0 radical (unpaired) electrons. The Balaban J connectivity index is 0.000000202. The molecule has 60 heavy (non-hydrogen) atoms. The number of carbonyl (C=O) groups is 4. The average molecular weight is 853 g/mol. The number of esters is 1. The number of carbonyl (C=O) groups excluding carboxylic acids is 4. The lowest BCUT2D eigenvalue weighted by Crippen LogP contribution is -2.65. The summed E-state index contributed by atoms with van der Waals surface area (Å²) in [6, 6.07) is 9.92. The Morgan fingerprint density at radius 2 is 1.33 bits per heavy atom. The van der Waals surface area contributed by atoms with Crippen LogP contribution in [0.15, 0.2) is 41.5 Å². The first-order chi connectivity index (χ1) is 28.0. The third kappa shape index (κ3) is 9.91. The molecule has 17 nitrogen and oxygen atoms in total. The van der Waals surface area contributed by atoms with Gasteiger partial charge in [0, 0.05) is 12.1 Å². The second-order valence-corrected chi connectivity index (χ2v) is 18.3. The highest BCUT2D eigenvalue weighted by Crippen LogP contribution is 2.41. The van der Waals surface area contributed by atoms with Crippen LogP contribution in [0.4, 0.5) is 21.0 Å². The van der Waals surface area contributed by atoms with Crippen LogP contribution in [0.5, 0.6) is 23.0 Å². The number of fused-ring (bicyclic) bond motifs is 4. The van der Waals surface area contributed by atoms with Crippen molar-refractivity contribution in [3.05, 3.63) is 36.4 Å². The van der Waals surface area contributed by atoms with E-state index in [9.17, 15) is 19.2 Å². The fourth-order valence-electron chi connectivity index (χ4n) is 7.21. The molecule has 0 spiro atoms. The topological polar surface area (TPSA) is 170 Å². The number of nitrogens with one attached hydrogen (secondary N) is 1. The first kappa shape index (κ1) is 44.0. The van der Waals surface area contributed by atoms with Gasteiger partial charge in [0.15, 0.2) is 5.84 Å². The number of amidine groups is 1. The number of hydrogen-bond donors (Lipinski definition) is 1. The van der Waals surface area contributed by atoms with Gasteiger partial charge in [-0.25, -0.2) is 19.8 Å². The molecule has 5 aliphatic heterocycles. The molecule has 2 fully saturated rings.